The van der Waals surface area contributed by atoms with Gasteiger partial charge in [-0.25, -0.2) is 0 Å². The zero-order chi connectivity index (χ0) is 12.4. The van der Waals surface area contributed by atoms with Crippen LogP contribution in [0.1, 0.15) is 19.4 Å². The van der Waals surface area contributed by atoms with Crippen LogP contribution in [-0.4, -0.2) is 41.3 Å². The molecule has 6 nitrogen and oxygen atoms in total. The third-order valence-corrected chi connectivity index (χ3v) is 2.87. The Balaban J connectivity index is 2.35. The summed E-state index contributed by atoms with van der Waals surface area (Å²) >= 11 is 0. The summed E-state index contributed by atoms with van der Waals surface area (Å²) in [6.45, 7) is 5.46. The molecule has 1 aromatic rings. The van der Waals surface area contributed by atoms with Gasteiger partial charge in [-0.3, -0.25) is 5.41 Å². The Kier molecular flexibility index (Phi) is 3.23. The Bertz CT molecular complexity index is 422. The Morgan fingerprint density at radius 3 is 3.06 bits per heavy atom. The van der Waals surface area contributed by atoms with Gasteiger partial charge in [-0.2, -0.15) is 5.10 Å². The SMILES string of the molecule is CC1CN(c2nnccc2C(=N)N)C(C)CO1. The van der Waals surface area contributed by atoms with Crippen LogP contribution in [0.5, 0.6) is 0 Å². The highest BCUT2D eigenvalue weighted by molar-refractivity contribution is 5.99. The van der Waals surface area contributed by atoms with Crippen LogP contribution in [0.4, 0.5) is 5.82 Å². The van der Waals surface area contributed by atoms with Gasteiger partial charge in [0.25, 0.3) is 0 Å². The number of anilines is 1. The first-order chi connectivity index (χ1) is 8.09. The monoisotopic (exact) mass is 235 g/mol. The molecule has 0 bridgehead atoms. The van der Waals surface area contributed by atoms with Crippen LogP contribution in [0.25, 0.3) is 0 Å². The van der Waals surface area contributed by atoms with Crippen LogP contribution < -0.4 is 10.6 Å². The van der Waals surface area contributed by atoms with E-state index in [0.717, 1.165) is 6.54 Å². The molecule has 3 N–H and O–H groups in total. The van der Waals surface area contributed by atoms with E-state index in [1.165, 1.54) is 0 Å². The van der Waals surface area contributed by atoms with Gasteiger partial charge in [0.15, 0.2) is 5.82 Å². The molecule has 1 aromatic heterocycles. The number of morpholine rings is 1. The predicted octanol–water partition coefficient (Wildman–Crippen LogP) is 0.374. The van der Waals surface area contributed by atoms with Crippen LogP contribution in [0.2, 0.25) is 0 Å². The summed E-state index contributed by atoms with van der Waals surface area (Å²) < 4.78 is 5.57. The number of aromatic nitrogens is 2. The lowest BCUT2D eigenvalue weighted by atomic mass is 10.1. The molecule has 92 valence electrons. The van der Waals surface area contributed by atoms with Gasteiger partial charge < -0.3 is 15.4 Å². The van der Waals surface area contributed by atoms with Crippen molar-refractivity contribution in [2.24, 2.45) is 5.73 Å². The molecule has 0 aliphatic carbocycles. The average molecular weight is 235 g/mol. The van der Waals surface area contributed by atoms with E-state index in [4.69, 9.17) is 15.9 Å². The Labute approximate surface area is 100 Å². The molecule has 0 radical (unpaired) electrons. The summed E-state index contributed by atoms with van der Waals surface area (Å²) in [5.74, 6) is 0.684. The Morgan fingerprint density at radius 2 is 2.35 bits per heavy atom. The number of nitrogens with two attached hydrogens (primary N) is 1. The summed E-state index contributed by atoms with van der Waals surface area (Å²) in [5, 5.41) is 15.5. The third kappa shape index (κ3) is 2.36. The second-order valence-corrected chi connectivity index (χ2v) is 4.33. The van der Waals surface area contributed by atoms with Crippen molar-refractivity contribution in [3.63, 3.8) is 0 Å². The Morgan fingerprint density at radius 1 is 1.59 bits per heavy atom. The van der Waals surface area contributed by atoms with Crippen molar-refractivity contribution in [2.75, 3.05) is 18.1 Å². The normalized spacial score (nSPS) is 24.7. The van der Waals surface area contributed by atoms with E-state index in [0.29, 0.717) is 18.0 Å². The molecular formula is C11H17N5O. The lowest BCUT2D eigenvalue weighted by Crippen LogP contribution is -2.48. The fourth-order valence-electron chi connectivity index (χ4n) is 1.95. The van der Waals surface area contributed by atoms with Crippen molar-refractivity contribution >= 4 is 11.7 Å². The zero-order valence-electron chi connectivity index (χ0n) is 10.1. The highest BCUT2D eigenvalue weighted by Gasteiger charge is 2.27. The van der Waals surface area contributed by atoms with Gasteiger partial charge >= 0.3 is 0 Å². The molecule has 1 saturated heterocycles. The summed E-state index contributed by atoms with van der Waals surface area (Å²) in [6, 6.07) is 1.93. The van der Waals surface area contributed by atoms with Gasteiger partial charge in [0.05, 0.1) is 30.5 Å². The van der Waals surface area contributed by atoms with E-state index in [-0.39, 0.29) is 18.0 Å². The van der Waals surface area contributed by atoms with E-state index < -0.39 is 0 Å². The summed E-state index contributed by atoms with van der Waals surface area (Å²) in [4.78, 5) is 2.10. The zero-order valence-corrected chi connectivity index (χ0v) is 10.1. The van der Waals surface area contributed by atoms with E-state index in [2.05, 4.69) is 22.0 Å². The summed E-state index contributed by atoms with van der Waals surface area (Å²) in [6.07, 6.45) is 1.70. The Hall–Kier alpha value is -1.69. The molecule has 0 aromatic carbocycles. The molecule has 0 amide bonds. The van der Waals surface area contributed by atoms with Crippen LogP contribution in [-0.2, 0) is 4.74 Å². The topological polar surface area (TPSA) is 88.1 Å². The predicted molar refractivity (Wildman–Crippen MR) is 65.3 cm³/mol. The molecular weight excluding hydrogens is 218 g/mol. The maximum atomic E-state index is 7.56. The first kappa shape index (κ1) is 11.8. The number of rotatable bonds is 2. The largest absolute Gasteiger partial charge is 0.384 e. The van der Waals surface area contributed by atoms with Crippen LogP contribution in [0.15, 0.2) is 12.3 Å². The minimum Gasteiger partial charge on any atom is -0.384 e. The van der Waals surface area contributed by atoms with Gasteiger partial charge in [0.1, 0.15) is 5.84 Å². The number of hydrogen-bond donors (Lipinski definition) is 2. The second kappa shape index (κ2) is 4.67. The number of nitrogens with zero attached hydrogens (tertiary/aromatic N) is 3. The molecule has 1 aliphatic heterocycles. The quantitative estimate of drug-likeness (QED) is 0.571. The van der Waals surface area contributed by atoms with E-state index in [1.54, 1.807) is 12.3 Å². The maximum Gasteiger partial charge on any atom is 0.162 e. The third-order valence-electron chi connectivity index (χ3n) is 2.87. The molecule has 2 atom stereocenters. The standard InChI is InChI=1S/C11H17N5O/c1-7-6-17-8(2)5-16(7)11-9(10(12)13)3-4-14-15-11/h3-4,7-8H,5-6H2,1-2H3,(H3,12,13). The van der Waals surface area contributed by atoms with Crippen molar-refractivity contribution in [1.82, 2.24) is 10.2 Å². The smallest absolute Gasteiger partial charge is 0.162 e. The summed E-state index contributed by atoms with van der Waals surface area (Å²) in [5.41, 5.74) is 6.18. The molecule has 0 spiro atoms. The first-order valence-corrected chi connectivity index (χ1v) is 5.64. The molecule has 2 rings (SSSR count). The molecule has 1 aliphatic rings. The molecule has 17 heavy (non-hydrogen) atoms. The second-order valence-electron chi connectivity index (χ2n) is 4.33. The maximum absolute atomic E-state index is 7.56. The number of nitrogens with one attached hydrogen (secondary N) is 1. The van der Waals surface area contributed by atoms with Crippen molar-refractivity contribution in [1.29, 1.82) is 5.41 Å². The van der Waals surface area contributed by atoms with Crippen molar-refractivity contribution in [2.45, 2.75) is 26.0 Å². The molecule has 2 unspecified atom stereocenters. The van der Waals surface area contributed by atoms with Gasteiger partial charge in [0, 0.05) is 6.54 Å². The average Bonchev–Trinajstić information content (AvgIpc) is 2.32. The lowest BCUT2D eigenvalue weighted by molar-refractivity contribution is 0.0339. The lowest BCUT2D eigenvalue weighted by Gasteiger charge is -2.38. The number of hydrogen-bond acceptors (Lipinski definition) is 5. The fraction of sp³-hybridized carbons (Fsp3) is 0.545. The highest BCUT2D eigenvalue weighted by atomic mass is 16.5. The molecule has 0 saturated carbocycles. The molecule has 6 heteroatoms. The van der Waals surface area contributed by atoms with Crippen LogP contribution in [0.3, 0.4) is 0 Å². The van der Waals surface area contributed by atoms with Gasteiger partial charge in [-0.15, -0.1) is 5.10 Å². The van der Waals surface area contributed by atoms with Crippen molar-refractivity contribution in [3.8, 4) is 0 Å². The van der Waals surface area contributed by atoms with Gasteiger partial charge in [-0.05, 0) is 19.9 Å². The fourth-order valence-corrected chi connectivity index (χ4v) is 1.95. The molecule has 2 heterocycles. The number of nitrogen functional groups attached to an aromatic ring is 1. The number of amidine groups is 1. The summed E-state index contributed by atoms with van der Waals surface area (Å²) in [7, 11) is 0. The first-order valence-electron chi connectivity index (χ1n) is 5.64. The molecule has 1 fully saturated rings. The highest BCUT2D eigenvalue weighted by Crippen LogP contribution is 2.22. The van der Waals surface area contributed by atoms with Crippen molar-refractivity contribution < 1.29 is 4.74 Å². The van der Waals surface area contributed by atoms with Gasteiger partial charge in [0.2, 0.25) is 0 Å². The van der Waals surface area contributed by atoms with E-state index in [1.807, 2.05) is 6.92 Å². The van der Waals surface area contributed by atoms with E-state index >= 15 is 0 Å². The van der Waals surface area contributed by atoms with Crippen LogP contribution >= 0.6 is 0 Å². The minimum atomic E-state index is 0.0150. The van der Waals surface area contributed by atoms with Gasteiger partial charge in [-0.1, -0.05) is 0 Å². The number of ether oxygens (including phenoxy) is 1. The van der Waals surface area contributed by atoms with E-state index in [9.17, 15) is 0 Å². The minimum absolute atomic E-state index is 0.0150. The van der Waals surface area contributed by atoms with Crippen LogP contribution in [0, 0.1) is 5.41 Å². The van der Waals surface area contributed by atoms with Crippen molar-refractivity contribution in [3.05, 3.63) is 17.8 Å².